The van der Waals surface area contributed by atoms with Crippen LogP contribution in [-0.4, -0.2) is 36.9 Å². The molecule has 3 N–H and O–H groups in total. The summed E-state index contributed by atoms with van der Waals surface area (Å²) < 4.78 is 26.4. The fraction of sp³-hybridized carbons (Fsp3) is 1.00. The summed E-state index contributed by atoms with van der Waals surface area (Å²) in [5.41, 5.74) is 5.48. The maximum absolute atomic E-state index is 11.2. The normalized spacial score (nSPS) is 27.5. The van der Waals surface area contributed by atoms with Crippen LogP contribution < -0.4 is 5.73 Å². The Kier molecular flexibility index (Phi) is 11.4. The second-order valence-corrected chi connectivity index (χ2v) is 8.38. The van der Waals surface area contributed by atoms with E-state index in [0.29, 0.717) is 0 Å². The van der Waals surface area contributed by atoms with Crippen molar-refractivity contribution in [1.29, 1.82) is 0 Å². The third-order valence-corrected chi connectivity index (χ3v) is 5.30. The Hall–Kier alpha value is 0.0300. The number of unbranched alkanes of at least 4 members (excludes halogenated alkanes) is 8. The molecule has 0 bridgehead atoms. The van der Waals surface area contributed by atoms with Crippen LogP contribution in [0.15, 0.2) is 0 Å². The van der Waals surface area contributed by atoms with Crippen molar-refractivity contribution in [3.8, 4) is 0 Å². The van der Waals surface area contributed by atoms with E-state index in [2.05, 4.69) is 6.92 Å². The predicted octanol–water partition coefficient (Wildman–Crippen LogP) is 4.16. The SMILES string of the molecule is CCCCCCCCOCCCCCCC1(N)COP(=O)(O)OC1. The second-order valence-electron chi connectivity index (χ2n) is 6.92. The average molecular weight is 365 g/mol. The summed E-state index contributed by atoms with van der Waals surface area (Å²) in [6, 6.07) is 0. The number of hydrogen-bond acceptors (Lipinski definition) is 5. The van der Waals surface area contributed by atoms with Gasteiger partial charge in [-0.25, -0.2) is 4.57 Å². The first-order chi connectivity index (χ1) is 11.5. The molecule has 0 amide bonds. The van der Waals surface area contributed by atoms with Crippen molar-refractivity contribution in [2.75, 3.05) is 26.4 Å². The number of phosphoric acid groups is 1. The van der Waals surface area contributed by atoms with Gasteiger partial charge in [0.1, 0.15) is 0 Å². The lowest BCUT2D eigenvalue weighted by molar-refractivity contribution is 0.0358. The zero-order valence-corrected chi connectivity index (χ0v) is 16.1. The van der Waals surface area contributed by atoms with E-state index in [4.69, 9.17) is 24.4 Å². The van der Waals surface area contributed by atoms with Crippen molar-refractivity contribution < 1.29 is 23.2 Å². The van der Waals surface area contributed by atoms with Gasteiger partial charge in [0.2, 0.25) is 0 Å². The lowest BCUT2D eigenvalue weighted by Crippen LogP contribution is -2.50. The third-order valence-electron chi connectivity index (χ3n) is 4.39. The van der Waals surface area contributed by atoms with Gasteiger partial charge < -0.3 is 15.4 Å². The Morgan fingerprint density at radius 3 is 2.04 bits per heavy atom. The summed E-state index contributed by atoms with van der Waals surface area (Å²) in [4.78, 5) is 9.13. The lowest BCUT2D eigenvalue weighted by atomic mass is 9.95. The van der Waals surface area contributed by atoms with Crippen LogP contribution in [0.25, 0.3) is 0 Å². The molecule has 1 aliphatic rings. The van der Waals surface area contributed by atoms with Gasteiger partial charge in [0.25, 0.3) is 0 Å². The van der Waals surface area contributed by atoms with Gasteiger partial charge in [-0.2, -0.15) is 0 Å². The topological polar surface area (TPSA) is 91.0 Å². The fourth-order valence-electron chi connectivity index (χ4n) is 2.76. The third kappa shape index (κ3) is 10.8. The van der Waals surface area contributed by atoms with E-state index in [-0.39, 0.29) is 13.2 Å². The minimum atomic E-state index is -3.83. The van der Waals surface area contributed by atoms with Gasteiger partial charge in [-0.05, 0) is 19.3 Å². The number of ether oxygens (including phenoxy) is 1. The number of nitrogens with two attached hydrogens (primary N) is 1. The first-order valence-electron chi connectivity index (χ1n) is 9.46. The van der Waals surface area contributed by atoms with Crippen LogP contribution in [0.2, 0.25) is 0 Å². The molecule has 1 heterocycles. The Morgan fingerprint density at radius 2 is 1.46 bits per heavy atom. The Labute approximate surface area is 147 Å². The van der Waals surface area contributed by atoms with Gasteiger partial charge in [0.05, 0.1) is 18.8 Å². The molecule has 0 spiro atoms. The molecule has 0 aliphatic carbocycles. The van der Waals surface area contributed by atoms with E-state index >= 15 is 0 Å². The lowest BCUT2D eigenvalue weighted by Gasteiger charge is -2.34. The van der Waals surface area contributed by atoms with Crippen LogP contribution in [0, 0.1) is 0 Å². The van der Waals surface area contributed by atoms with Gasteiger partial charge >= 0.3 is 7.82 Å². The molecule has 1 aliphatic heterocycles. The van der Waals surface area contributed by atoms with E-state index in [1.165, 1.54) is 38.5 Å². The summed E-state index contributed by atoms with van der Waals surface area (Å²) >= 11 is 0. The molecular weight excluding hydrogens is 329 g/mol. The Morgan fingerprint density at radius 1 is 0.958 bits per heavy atom. The van der Waals surface area contributed by atoms with Crippen LogP contribution in [0.5, 0.6) is 0 Å². The highest BCUT2D eigenvalue weighted by atomic mass is 31.2. The van der Waals surface area contributed by atoms with E-state index in [1.807, 2.05) is 0 Å². The summed E-state index contributed by atoms with van der Waals surface area (Å²) in [7, 11) is -3.83. The van der Waals surface area contributed by atoms with Gasteiger partial charge in [-0.1, -0.05) is 58.3 Å². The molecule has 0 aromatic rings. The summed E-state index contributed by atoms with van der Waals surface area (Å²) in [6.07, 6.45) is 12.8. The molecule has 0 unspecified atom stereocenters. The van der Waals surface area contributed by atoms with Crippen molar-refractivity contribution in [2.24, 2.45) is 5.73 Å². The first-order valence-corrected chi connectivity index (χ1v) is 11.0. The quantitative estimate of drug-likeness (QED) is 0.355. The zero-order valence-electron chi connectivity index (χ0n) is 15.2. The van der Waals surface area contributed by atoms with Gasteiger partial charge in [0, 0.05) is 13.2 Å². The molecule has 24 heavy (non-hydrogen) atoms. The second kappa shape index (κ2) is 12.4. The molecule has 0 aromatic carbocycles. The summed E-state index contributed by atoms with van der Waals surface area (Å²) in [5.74, 6) is 0. The molecule has 7 heteroatoms. The standard InChI is InChI=1S/C17H36NO5P/c1-2-3-4-5-7-10-13-21-14-11-8-6-9-12-17(18)15-22-24(19,20)23-16-17/h2-16,18H2,1H3,(H,19,20). The van der Waals surface area contributed by atoms with Crippen LogP contribution in [0.1, 0.15) is 77.6 Å². The van der Waals surface area contributed by atoms with Gasteiger partial charge in [-0.15, -0.1) is 0 Å². The van der Waals surface area contributed by atoms with E-state index in [0.717, 1.165) is 45.3 Å². The van der Waals surface area contributed by atoms with E-state index in [1.54, 1.807) is 0 Å². The first kappa shape index (κ1) is 22.1. The Bertz CT molecular complexity index is 355. The number of rotatable bonds is 14. The summed E-state index contributed by atoms with van der Waals surface area (Å²) in [6.45, 7) is 4.13. The van der Waals surface area contributed by atoms with Crippen LogP contribution in [-0.2, 0) is 18.3 Å². The molecule has 0 aromatic heterocycles. The smallest absolute Gasteiger partial charge is 0.381 e. The average Bonchev–Trinajstić information content (AvgIpc) is 2.55. The molecular formula is C17H36NO5P. The van der Waals surface area contributed by atoms with Gasteiger partial charge in [0.15, 0.2) is 0 Å². The van der Waals surface area contributed by atoms with Crippen LogP contribution >= 0.6 is 7.82 Å². The van der Waals surface area contributed by atoms with Gasteiger partial charge in [-0.3, -0.25) is 9.05 Å². The molecule has 0 saturated carbocycles. The van der Waals surface area contributed by atoms with E-state index < -0.39 is 13.4 Å². The minimum absolute atomic E-state index is 0.0855. The van der Waals surface area contributed by atoms with Crippen molar-refractivity contribution in [2.45, 2.75) is 83.1 Å². The van der Waals surface area contributed by atoms with Crippen molar-refractivity contribution in [3.63, 3.8) is 0 Å². The number of hydrogen-bond donors (Lipinski definition) is 2. The molecule has 0 atom stereocenters. The van der Waals surface area contributed by atoms with Crippen molar-refractivity contribution in [3.05, 3.63) is 0 Å². The van der Waals surface area contributed by atoms with E-state index in [9.17, 15) is 4.57 Å². The molecule has 1 rings (SSSR count). The van der Waals surface area contributed by atoms with Crippen LogP contribution in [0.4, 0.5) is 0 Å². The minimum Gasteiger partial charge on any atom is -0.381 e. The molecule has 6 nitrogen and oxygen atoms in total. The maximum Gasteiger partial charge on any atom is 0.472 e. The fourth-order valence-corrected chi connectivity index (χ4v) is 3.68. The molecule has 0 radical (unpaired) electrons. The number of phosphoric ester groups is 1. The predicted molar refractivity (Wildman–Crippen MR) is 95.9 cm³/mol. The van der Waals surface area contributed by atoms with Crippen molar-refractivity contribution >= 4 is 7.82 Å². The Balaban J connectivity index is 1.85. The van der Waals surface area contributed by atoms with Crippen molar-refractivity contribution in [1.82, 2.24) is 0 Å². The summed E-state index contributed by atoms with van der Waals surface area (Å²) in [5, 5.41) is 0. The van der Waals surface area contributed by atoms with Crippen LogP contribution in [0.3, 0.4) is 0 Å². The molecule has 1 fully saturated rings. The highest BCUT2D eigenvalue weighted by Gasteiger charge is 2.38. The highest BCUT2D eigenvalue weighted by molar-refractivity contribution is 7.47. The zero-order chi connectivity index (χ0) is 17.7. The largest absolute Gasteiger partial charge is 0.472 e. The molecule has 144 valence electrons. The molecule has 1 saturated heterocycles. The monoisotopic (exact) mass is 365 g/mol. The highest BCUT2D eigenvalue weighted by Crippen LogP contribution is 2.47. The maximum atomic E-state index is 11.2.